The number of halogens is 1. The molecular formula is C23H34ClN7O2S. The molecule has 186 valence electrons. The van der Waals surface area contributed by atoms with Crippen LogP contribution >= 0.6 is 23.7 Å². The standard InChI is InChI=1S/C23H33N7O2S.ClH/c1-2-7-27-8-14-30(15-9-27)23-26-19(17-33-23)22(32)25-18-5-3-4-6-20(18)29-12-10-28(11-13-29)16-21(24)31;/h3-6,17H,2,7-16H2,1H3,(H2,24,31)(H,25,32);1H. The van der Waals surface area contributed by atoms with Crippen molar-refractivity contribution in [2.45, 2.75) is 13.3 Å². The van der Waals surface area contributed by atoms with Crippen LogP contribution in [0.3, 0.4) is 0 Å². The van der Waals surface area contributed by atoms with Crippen molar-refractivity contribution in [2.24, 2.45) is 5.73 Å². The Morgan fingerprint density at radius 1 is 1.00 bits per heavy atom. The number of carbonyl (C=O) groups is 2. The number of amides is 2. The minimum Gasteiger partial charge on any atom is -0.369 e. The van der Waals surface area contributed by atoms with Gasteiger partial charge in [0.25, 0.3) is 5.91 Å². The van der Waals surface area contributed by atoms with E-state index in [0.717, 1.165) is 75.4 Å². The van der Waals surface area contributed by atoms with Gasteiger partial charge in [0.1, 0.15) is 5.69 Å². The summed E-state index contributed by atoms with van der Waals surface area (Å²) in [6.07, 6.45) is 1.17. The molecule has 3 N–H and O–H groups in total. The first-order valence-electron chi connectivity index (χ1n) is 11.6. The van der Waals surface area contributed by atoms with Gasteiger partial charge in [-0.2, -0.15) is 0 Å². The van der Waals surface area contributed by atoms with Crippen LogP contribution in [-0.2, 0) is 4.79 Å². The van der Waals surface area contributed by atoms with Gasteiger partial charge in [0.2, 0.25) is 5.91 Å². The summed E-state index contributed by atoms with van der Waals surface area (Å²) in [7, 11) is 0. The molecule has 0 bridgehead atoms. The summed E-state index contributed by atoms with van der Waals surface area (Å²) >= 11 is 1.53. The molecule has 2 aliphatic heterocycles. The van der Waals surface area contributed by atoms with Crippen molar-refractivity contribution in [2.75, 3.05) is 80.6 Å². The molecule has 2 aliphatic rings. The zero-order valence-corrected chi connectivity index (χ0v) is 21.2. The lowest BCUT2D eigenvalue weighted by atomic mass is 10.2. The van der Waals surface area contributed by atoms with Crippen LogP contribution in [0.15, 0.2) is 29.6 Å². The summed E-state index contributed by atoms with van der Waals surface area (Å²) in [5, 5.41) is 5.81. The van der Waals surface area contributed by atoms with Crippen molar-refractivity contribution in [1.29, 1.82) is 0 Å². The summed E-state index contributed by atoms with van der Waals surface area (Å²) in [5.74, 6) is -0.497. The Morgan fingerprint density at radius 2 is 1.65 bits per heavy atom. The lowest BCUT2D eigenvalue weighted by Gasteiger charge is -2.36. The monoisotopic (exact) mass is 507 g/mol. The SMILES string of the molecule is CCCN1CCN(c2nc(C(=O)Nc3ccccc3N3CCN(CC(N)=O)CC3)cs2)CC1.Cl. The van der Waals surface area contributed by atoms with E-state index >= 15 is 0 Å². The topological polar surface area (TPSA) is 98.0 Å². The van der Waals surface area contributed by atoms with E-state index in [-0.39, 0.29) is 30.8 Å². The van der Waals surface area contributed by atoms with E-state index in [1.54, 1.807) is 0 Å². The lowest BCUT2D eigenvalue weighted by Crippen LogP contribution is -2.49. The highest BCUT2D eigenvalue weighted by atomic mass is 35.5. The molecule has 0 atom stereocenters. The third-order valence-electron chi connectivity index (χ3n) is 6.15. The number of piperazine rings is 2. The number of carbonyl (C=O) groups excluding carboxylic acids is 2. The Hall–Kier alpha value is -2.40. The smallest absolute Gasteiger partial charge is 0.275 e. The first-order valence-corrected chi connectivity index (χ1v) is 12.5. The first-order chi connectivity index (χ1) is 16.0. The minimum atomic E-state index is -0.304. The molecule has 2 fully saturated rings. The third kappa shape index (κ3) is 6.59. The minimum absolute atomic E-state index is 0. The number of hydrogen-bond acceptors (Lipinski definition) is 8. The normalized spacial score (nSPS) is 17.3. The Bertz CT molecular complexity index is 956. The van der Waals surface area contributed by atoms with Gasteiger partial charge >= 0.3 is 0 Å². The number of nitrogens with zero attached hydrogens (tertiary/aromatic N) is 5. The van der Waals surface area contributed by atoms with Gasteiger partial charge in [-0.3, -0.25) is 19.4 Å². The molecule has 0 radical (unpaired) electrons. The fourth-order valence-corrected chi connectivity index (χ4v) is 5.26. The molecule has 1 aromatic heterocycles. The van der Waals surface area contributed by atoms with Crippen LogP contribution < -0.4 is 20.9 Å². The van der Waals surface area contributed by atoms with Crippen LogP contribution in [0.4, 0.5) is 16.5 Å². The van der Waals surface area contributed by atoms with Crippen LogP contribution in [0.1, 0.15) is 23.8 Å². The van der Waals surface area contributed by atoms with Crippen molar-refractivity contribution in [1.82, 2.24) is 14.8 Å². The van der Waals surface area contributed by atoms with Gasteiger partial charge in [-0.05, 0) is 25.1 Å². The second kappa shape index (κ2) is 12.3. The number of para-hydroxylation sites is 2. The van der Waals surface area contributed by atoms with Gasteiger partial charge in [0.15, 0.2) is 5.13 Å². The zero-order chi connectivity index (χ0) is 23.2. The number of benzene rings is 1. The van der Waals surface area contributed by atoms with Gasteiger partial charge < -0.3 is 20.9 Å². The van der Waals surface area contributed by atoms with Gasteiger partial charge in [0.05, 0.1) is 17.9 Å². The summed E-state index contributed by atoms with van der Waals surface area (Å²) in [4.78, 5) is 37.8. The number of rotatable bonds is 8. The zero-order valence-electron chi connectivity index (χ0n) is 19.6. The van der Waals surface area contributed by atoms with E-state index in [1.165, 1.54) is 17.8 Å². The molecule has 2 aromatic rings. The van der Waals surface area contributed by atoms with Crippen LogP contribution in [0.25, 0.3) is 0 Å². The number of hydrogen-bond donors (Lipinski definition) is 2. The summed E-state index contributed by atoms with van der Waals surface area (Å²) < 4.78 is 0. The summed E-state index contributed by atoms with van der Waals surface area (Å²) in [6, 6.07) is 7.83. The van der Waals surface area contributed by atoms with Gasteiger partial charge in [-0.25, -0.2) is 4.98 Å². The predicted octanol–water partition coefficient (Wildman–Crippen LogP) is 1.96. The number of anilines is 3. The molecule has 0 saturated carbocycles. The predicted molar refractivity (Wildman–Crippen MR) is 141 cm³/mol. The van der Waals surface area contributed by atoms with Crippen molar-refractivity contribution < 1.29 is 9.59 Å². The second-order valence-electron chi connectivity index (χ2n) is 8.54. The number of thiazole rings is 1. The molecule has 1 aromatic carbocycles. The molecule has 34 heavy (non-hydrogen) atoms. The molecule has 11 heteroatoms. The molecule has 0 spiro atoms. The van der Waals surface area contributed by atoms with Crippen LogP contribution in [0, 0.1) is 0 Å². The number of nitrogens with two attached hydrogens (primary N) is 1. The molecule has 2 saturated heterocycles. The molecule has 0 aliphatic carbocycles. The van der Waals surface area contributed by atoms with Crippen molar-refractivity contribution >= 4 is 52.1 Å². The maximum Gasteiger partial charge on any atom is 0.275 e. The van der Waals surface area contributed by atoms with Crippen LogP contribution in [0.2, 0.25) is 0 Å². The quantitative estimate of drug-likeness (QED) is 0.563. The largest absolute Gasteiger partial charge is 0.369 e. The van der Waals surface area contributed by atoms with Crippen LogP contribution in [0.5, 0.6) is 0 Å². The highest BCUT2D eigenvalue weighted by Gasteiger charge is 2.23. The lowest BCUT2D eigenvalue weighted by molar-refractivity contribution is -0.119. The average molecular weight is 508 g/mol. The maximum absolute atomic E-state index is 13.0. The first kappa shape index (κ1) is 26.2. The fourth-order valence-electron chi connectivity index (χ4n) is 4.40. The third-order valence-corrected chi connectivity index (χ3v) is 7.05. The van der Waals surface area contributed by atoms with Gasteiger partial charge in [-0.15, -0.1) is 23.7 Å². The van der Waals surface area contributed by atoms with Crippen molar-refractivity contribution in [3.8, 4) is 0 Å². The molecule has 2 amide bonds. The molecule has 4 rings (SSSR count). The summed E-state index contributed by atoms with van der Waals surface area (Å²) in [6.45, 7) is 10.6. The molecule has 3 heterocycles. The number of aromatic nitrogens is 1. The van der Waals surface area contributed by atoms with E-state index in [1.807, 2.05) is 29.6 Å². The summed E-state index contributed by atoms with van der Waals surface area (Å²) in [5.41, 5.74) is 7.52. The Labute approximate surface area is 211 Å². The van der Waals surface area contributed by atoms with E-state index in [9.17, 15) is 9.59 Å². The Morgan fingerprint density at radius 3 is 2.32 bits per heavy atom. The average Bonchev–Trinajstić information content (AvgIpc) is 3.31. The van der Waals surface area contributed by atoms with Crippen LogP contribution in [-0.4, -0.2) is 92.0 Å². The fraction of sp³-hybridized carbons (Fsp3) is 0.522. The van der Waals surface area contributed by atoms with Gasteiger partial charge in [-0.1, -0.05) is 19.1 Å². The van der Waals surface area contributed by atoms with Crippen molar-refractivity contribution in [3.05, 3.63) is 35.3 Å². The van der Waals surface area contributed by atoms with E-state index in [0.29, 0.717) is 5.69 Å². The van der Waals surface area contributed by atoms with E-state index in [2.05, 4.69) is 36.8 Å². The number of primary amides is 1. The molecular weight excluding hydrogens is 474 g/mol. The maximum atomic E-state index is 13.0. The Kier molecular flexibility index (Phi) is 9.52. The Balaban J connectivity index is 0.00000324. The van der Waals surface area contributed by atoms with E-state index < -0.39 is 0 Å². The molecule has 0 unspecified atom stereocenters. The highest BCUT2D eigenvalue weighted by Crippen LogP contribution is 2.28. The van der Waals surface area contributed by atoms with E-state index in [4.69, 9.17) is 5.73 Å². The van der Waals surface area contributed by atoms with Crippen molar-refractivity contribution in [3.63, 3.8) is 0 Å². The number of nitrogens with one attached hydrogen (secondary N) is 1. The highest BCUT2D eigenvalue weighted by molar-refractivity contribution is 7.14. The molecule has 9 nitrogen and oxygen atoms in total. The van der Waals surface area contributed by atoms with Gasteiger partial charge in [0, 0.05) is 57.7 Å². The second-order valence-corrected chi connectivity index (χ2v) is 9.38.